The molecule has 2 unspecified atom stereocenters. The number of halogens is 1. The van der Waals surface area contributed by atoms with Gasteiger partial charge in [0.1, 0.15) is 5.82 Å². The van der Waals surface area contributed by atoms with Crippen molar-refractivity contribution in [3.8, 4) is 0 Å². The van der Waals surface area contributed by atoms with Gasteiger partial charge in [-0.15, -0.1) is 11.6 Å². The first-order valence-electron chi connectivity index (χ1n) is 7.11. The van der Waals surface area contributed by atoms with E-state index in [1.165, 1.54) is 0 Å². The molecule has 0 saturated heterocycles. The molecule has 2 atom stereocenters. The fourth-order valence-electron chi connectivity index (χ4n) is 2.75. The van der Waals surface area contributed by atoms with Crippen molar-refractivity contribution >= 4 is 22.5 Å². The molecule has 3 rings (SSSR count). The van der Waals surface area contributed by atoms with E-state index >= 15 is 0 Å². The minimum atomic E-state index is -0.219. The van der Waals surface area contributed by atoms with Crippen LogP contribution < -0.4 is 5.56 Å². The predicted octanol–water partition coefficient (Wildman–Crippen LogP) is 4.06. The summed E-state index contributed by atoms with van der Waals surface area (Å²) in [4.78, 5) is 17.5. The Balaban J connectivity index is 2.29. The van der Waals surface area contributed by atoms with Crippen LogP contribution in [0.2, 0.25) is 0 Å². The van der Waals surface area contributed by atoms with Gasteiger partial charge in [0.2, 0.25) is 0 Å². The summed E-state index contributed by atoms with van der Waals surface area (Å²) in [5, 5.41) is 0.461. The van der Waals surface area contributed by atoms with Crippen LogP contribution >= 0.6 is 11.6 Å². The average Bonchev–Trinajstić information content (AvgIpc) is 3.06. The highest BCUT2D eigenvalue weighted by atomic mass is 35.5. The first-order valence-corrected chi connectivity index (χ1v) is 7.54. The Morgan fingerprint density at radius 3 is 2.70 bits per heavy atom. The molecule has 1 aliphatic carbocycles. The highest BCUT2D eigenvalue weighted by molar-refractivity contribution is 6.20. The molecular weight excluding hydrogens is 272 g/mol. The Hall–Kier alpha value is -1.35. The Morgan fingerprint density at radius 2 is 2.10 bits per heavy atom. The lowest BCUT2D eigenvalue weighted by atomic mass is 10.1. The number of rotatable bonds is 3. The largest absolute Gasteiger partial charge is 0.291 e. The number of hydrogen-bond acceptors (Lipinski definition) is 2. The van der Waals surface area contributed by atoms with E-state index in [1.807, 2.05) is 35.8 Å². The van der Waals surface area contributed by atoms with E-state index in [9.17, 15) is 4.79 Å². The number of para-hydroxylation sites is 1. The van der Waals surface area contributed by atoms with Crippen LogP contribution in [0.3, 0.4) is 0 Å². The van der Waals surface area contributed by atoms with Crippen molar-refractivity contribution in [3.63, 3.8) is 0 Å². The number of hydrogen-bond donors (Lipinski definition) is 0. The van der Waals surface area contributed by atoms with Crippen molar-refractivity contribution in [2.24, 2.45) is 5.41 Å². The molecule has 1 aromatic heterocycles. The van der Waals surface area contributed by atoms with Crippen LogP contribution in [0.25, 0.3) is 10.9 Å². The van der Waals surface area contributed by atoms with Gasteiger partial charge in [0, 0.05) is 6.04 Å². The molecule has 20 heavy (non-hydrogen) atoms. The van der Waals surface area contributed by atoms with E-state index in [0.29, 0.717) is 11.2 Å². The van der Waals surface area contributed by atoms with E-state index in [0.717, 1.165) is 18.4 Å². The number of nitrogens with zero attached hydrogens (tertiary/aromatic N) is 2. The maximum absolute atomic E-state index is 12.8. The summed E-state index contributed by atoms with van der Waals surface area (Å²) in [5.74, 6) is 0.716. The van der Waals surface area contributed by atoms with Gasteiger partial charge in [-0.25, -0.2) is 4.98 Å². The van der Waals surface area contributed by atoms with E-state index in [1.54, 1.807) is 0 Å². The molecule has 3 nitrogen and oxygen atoms in total. The smallest absolute Gasteiger partial charge is 0.261 e. The van der Waals surface area contributed by atoms with Crippen molar-refractivity contribution in [2.45, 2.75) is 45.0 Å². The first-order chi connectivity index (χ1) is 9.45. The second-order valence-electron chi connectivity index (χ2n) is 6.25. The molecule has 1 heterocycles. The van der Waals surface area contributed by atoms with Gasteiger partial charge in [-0.1, -0.05) is 32.9 Å². The maximum atomic E-state index is 12.8. The van der Waals surface area contributed by atoms with Crippen molar-refractivity contribution in [2.75, 3.05) is 0 Å². The zero-order chi connectivity index (χ0) is 14.5. The third-order valence-corrected chi connectivity index (χ3v) is 4.75. The van der Waals surface area contributed by atoms with Gasteiger partial charge in [0.05, 0.1) is 16.3 Å². The molecule has 0 radical (unpaired) electrons. The molecule has 0 aliphatic heterocycles. The van der Waals surface area contributed by atoms with E-state index in [2.05, 4.69) is 18.8 Å². The second kappa shape index (κ2) is 4.59. The van der Waals surface area contributed by atoms with Crippen LogP contribution in [-0.2, 0) is 0 Å². The molecule has 1 aromatic carbocycles. The van der Waals surface area contributed by atoms with Gasteiger partial charge in [0.15, 0.2) is 0 Å². The van der Waals surface area contributed by atoms with E-state index in [4.69, 9.17) is 11.6 Å². The van der Waals surface area contributed by atoms with Gasteiger partial charge >= 0.3 is 0 Å². The Bertz CT molecular complexity index is 720. The Kier molecular flexibility index (Phi) is 3.13. The highest BCUT2D eigenvalue weighted by Gasteiger charge is 2.49. The van der Waals surface area contributed by atoms with Gasteiger partial charge in [-0.05, 0) is 30.4 Å². The van der Waals surface area contributed by atoms with E-state index in [-0.39, 0.29) is 22.4 Å². The van der Waals surface area contributed by atoms with Crippen molar-refractivity contribution in [1.82, 2.24) is 9.55 Å². The zero-order valence-corrected chi connectivity index (χ0v) is 12.8. The van der Waals surface area contributed by atoms with Crippen molar-refractivity contribution in [1.29, 1.82) is 0 Å². The molecule has 1 aliphatic rings. The molecule has 0 bridgehead atoms. The van der Waals surface area contributed by atoms with Crippen LogP contribution in [0.15, 0.2) is 29.1 Å². The van der Waals surface area contributed by atoms with Gasteiger partial charge < -0.3 is 0 Å². The molecule has 1 saturated carbocycles. The maximum Gasteiger partial charge on any atom is 0.261 e. The Morgan fingerprint density at radius 1 is 1.45 bits per heavy atom. The fourth-order valence-corrected chi connectivity index (χ4v) is 2.90. The number of aromatic nitrogens is 2. The number of alkyl halides is 1. The number of benzene rings is 1. The van der Waals surface area contributed by atoms with Gasteiger partial charge in [-0.2, -0.15) is 0 Å². The highest BCUT2D eigenvalue weighted by Crippen LogP contribution is 2.55. The standard InChI is InChI=1S/C16H19ClN2O/c1-4-11(17)14-18-12-8-6-5-7-10(12)15(20)19(14)13-9-16(13,2)3/h5-8,11,13H,4,9H2,1-3H3. The third-order valence-electron chi connectivity index (χ3n) is 4.25. The summed E-state index contributed by atoms with van der Waals surface area (Å²) < 4.78 is 1.84. The summed E-state index contributed by atoms with van der Waals surface area (Å²) in [7, 11) is 0. The molecule has 1 fully saturated rings. The van der Waals surface area contributed by atoms with Crippen LogP contribution in [-0.4, -0.2) is 9.55 Å². The molecule has 0 spiro atoms. The molecule has 2 aromatic rings. The quantitative estimate of drug-likeness (QED) is 0.799. The molecular formula is C16H19ClN2O. The van der Waals surface area contributed by atoms with Gasteiger partial charge in [-0.3, -0.25) is 9.36 Å². The summed E-state index contributed by atoms with van der Waals surface area (Å²) >= 11 is 6.41. The lowest BCUT2D eigenvalue weighted by Gasteiger charge is -2.17. The lowest BCUT2D eigenvalue weighted by molar-refractivity contribution is 0.506. The summed E-state index contributed by atoms with van der Waals surface area (Å²) in [6.07, 6.45) is 1.77. The zero-order valence-electron chi connectivity index (χ0n) is 12.1. The number of fused-ring (bicyclic) bond motifs is 1. The molecule has 4 heteroatoms. The molecule has 106 valence electrons. The van der Waals surface area contributed by atoms with Crippen molar-refractivity contribution in [3.05, 3.63) is 40.4 Å². The predicted molar refractivity (Wildman–Crippen MR) is 82.3 cm³/mol. The topological polar surface area (TPSA) is 34.9 Å². The van der Waals surface area contributed by atoms with Crippen molar-refractivity contribution < 1.29 is 0 Å². The summed E-state index contributed by atoms with van der Waals surface area (Å²) in [6.45, 7) is 6.37. The van der Waals surface area contributed by atoms with Crippen LogP contribution in [0, 0.1) is 5.41 Å². The van der Waals surface area contributed by atoms with E-state index < -0.39 is 0 Å². The first kappa shape index (κ1) is 13.6. The SMILES string of the molecule is CCC(Cl)c1nc2ccccc2c(=O)n1C1CC1(C)C. The van der Waals surface area contributed by atoms with Gasteiger partial charge in [0.25, 0.3) is 5.56 Å². The summed E-state index contributed by atoms with van der Waals surface area (Å²) in [6, 6.07) is 7.72. The third kappa shape index (κ3) is 2.05. The summed E-state index contributed by atoms with van der Waals surface area (Å²) in [5.41, 5.74) is 0.939. The lowest BCUT2D eigenvalue weighted by Crippen LogP contribution is -2.26. The molecule has 0 amide bonds. The normalized spacial score (nSPS) is 21.9. The molecule has 0 N–H and O–H groups in total. The minimum Gasteiger partial charge on any atom is -0.291 e. The minimum absolute atomic E-state index is 0.0419. The Labute approximate surface area is 123 Å². The average molecular weight is 291 g/mol. The van der Waals surface area contributed by atoms with Crippen LogP contribution in [0.5, 0.6) is 0 Å². The second-order valence-corrected chi connectivity index (χ2v) is 6.77. The van der Waals surface area contributed by atoms with Crippen LogP contribution in [0.4, 0.5) is 0 Å². The fraction of sp³-hybridized carbons (Fsp3) is 0.500. The monoisotopic (exact) mass is 290 g/mol. The van der Waals surface area contributed by atoms with Crippen LogP contribution in [0.1, 0.15) is 50.9 Å².